The van der Waals surface area contributed by atoms with Crippen molar-refractivity contribution in [3.63, 3.8) is 0 Å². The molecule has 0 heterocycles. The summed E-state index contributed by atoms with van der Waals surface area (Å²) in [5.41, 5.74) is 0. The Balaban J connectivity index is 2.69. The third kappa shape index (κ3) is 5.95. The molecule has 0 aliphatic carbocycles. The number of hydrogen-bond donors (Lipinski definition) is 2. The second-order valence-electron chi connectivity index (χ2n) is 4.91. The van der Waals surface area contributed by atoms with Crippen LogP contribution in [0, 0.1) is 0 Å². The summed E-state index contributed by atoms with van der Waals surface area (Å²) < 4.78 is 31.5. The van der Waals surface area contributed by atoms with Gasteiger partial charge >= 0.3 is 5.97 Å². The van der Waals surface area contributed by atoms with Crippen LogP contribution in [0.2, 0.25) is 5.02 Å². The Morgan fingerprint density at radius 2 is 2.04 bits per heavy atom. The Hall–Kier alpha value is -1.90. The molecule has 24 heavy (non-hydrogen) atoms. The molecule has 132 valence electrons. The lowest BCUT2D eigenvalue weighted by Gasteiger charge is -2.17. The Morgan fingerprint density at radius 1 is 1.38 bits per heavy atom. The summed E-state index contributed by atoms with van der Waals surface area (Å²) in [6.45, 7) is 6.38. The van der Waals surface area contributed by atoms with E-state index in [1.807, 2.05) is 0 Å². The van der Waals surface area contributed by atoms with E-state index in [2.05, 4.69) is 16.6 Å². The molecule has 0 radical (unpaired) electrons. The molecule has 1 rings (SSSR count). The molecule has 1 aromatic rings. The Labute approximate surface area is 146 Å². The van der Waals surface area contributed by atoms with Crippen molar-refractivity contribution in [1.82, 2.24) is 10.0 Å². The van der Waals surface area contributed by atoms with Gasteiger partial charge in [-0.05, 0) is 32.0 Å². The molecule has 0 saturated heterocycles. The quantitative estimate of drug-likeness (QED) is 0.526. The van der Waals surface area contributed by atoms with Gasteiger partial charge < -0.3 is 10.1 Å². The number of nitrogens with one attached hydrogen (secondary N) is 2. The number of rotatable bonds is 8. The van der Waals surface area contributed by atoms with Crippen LogP contribution in [-0.2, 0) is 24.3 Å². The van der Waals surface area contributed by atoms with Crippen molar-refractivity contribution < 1.29 is 22.7 Å². The fraction of sp³-hybridized carbons (Fsp3) is 0.333. The number of hydrogen-bond acceptors (Lipinski definition) is 5. The number of halogens is 1. The first kappa shape index (κ1) is 20.1. The third-order valence-corrected chi connectivity index (χ3v) is 4.65. The van der Waals surface area contributed by atoms with Crippen LogP contribution in [0.25, 0.3) is 0 Å². The molecule has 0 aromatic heterocycles. The van der Waals surface area contributed by atoms with Gasteiger partial charge in [0, 0.05) is 11.6 Å². The van der Waals surface area contributed by atoms with E-state index in [1.165, 1.54) is 44.2 Å². The number of carbonyl (C=O) groups is 2. The van der Waals surface area contributed by atoms with Gasteiger partial charge in [-0.3, -0.25) is 9.59 Å². The summed E-state index contributed by atoms with van der Waals surface area (Å²) in [5, 5.41) is 2.72. The van der Waals surface area contributed by atoms with Gasteiger partial charge in [-0.2, -0.15) is 4.72 Å². The number of carbonyl (C=O) groups excluding carboxylic acids is 2. The topological polar surface area (TPSA) is 102 Å². The predicted molar refractivity (Wildman–Crippen MR) is 90.0 cm³/mol. The maximum absolute atomic E-state index is 12.2. The minimum Gasteiger partial charge on any atom is -0.451 e. The molecule has 0 spiro atoms. The van der Waals surface area contributed by atoms with Crippen molar-refractivity contribution in [3.05, 3.63) is 41.9 Å². The third-order valence-electron chi connectivity index (χ3n) is 2.87. The molecule has 0 aliphatic heterocycles. The number of sulfonamides is 1. The monoisotopic (exact) mass is 374 g/mol. The highest BCUT2D eigenvalue weighted by Crippen LogP contribution is 2.15. The maximum atomic E-state index is 12.2. The molecule has 0 saturated carbocycles. The van der Waals surface area contributed by atoms with Gasteiger partial charge in [-0.1, -0.05) is 23.7 Å². The Kier molecular flexibility index (Phi) is 7.40. The van der Waals surface area contributed by atoms with Crippen molar-refractivity contribution in [2.24, 2.45) is 0 Å². The van der Waals surface area contributed by atoms with Crippen LogP contribution in [0.1, 0.15) is 13.8 Å². The van der Waals surface area contributed by atoms with E-state index in [0.29, 0.717) is 0 Å². The summed E-state index contributed by atoms with van der Waals surface area (Å²) in [7, 11) is -3.95. The molecule has 0 aliphatic rings. The molecular weight excluding hydrogens is 356 g/mol. The smallest absolute Gasteiger partial charge is 0.324 e. The molecule has 2 atom stereocenters. The second-order valence-corrected chi connectivity index (χ2v) is 7.06. The van der Waals surface area contributed by atoms with Crippen LogP contribution < -0.4 is 10.0 Å². The van der Waals surface area contributed by atoms with Crippen molar-refractivity contribution in [1.29, 1.82) is 0 Å². The molecular formula is C15H19ClN2O5S. The lowest BCUT2D eigenvalue weighted by molar-refractivity contribution is -0.155. The molecule has 0 bridgehead atoms. The van der Waals surface area contributed by atoms with Crippen LogP contribution in [0.3, 0.4) is 0 Å². The standard InChI is InChI=1S/C15H19ClN2O5S/c1-4-8-17-14(19)11(3)23-15(20)10(2)18-24(21,22)13-7-5-6-12(16)9-13/h4-7,9-11,18H,1,8H2,2-3H3,(H,17,19)/t10-,11+/m0/s1. The van der Waals surface area contributed by atoms with Crippen LogP contribution in [0.4, 0.5) is 0 Å². The summed E-state index contributed by atoms with van der Waals surface area (Å²) in [6.07, 6.45) is 0.421. The summed E-state index contributed by atoms with van der Waals surface area (Å²) in [6, 6.07) is 4.43. The normalized spacial score (nSPS) is 13.6. The average molecular weight is 375 g/mol. The summed E-state index contributed by atoms with van der Waals surface area (Å²) in [4.78, 5) is 23.5. The predicted octanol–water partition coefficient (Wildman–Crippen LogP) is 1.24. The van der Waals surface area contributed by atoms with E-state index in [9.17, 15) is 18.0 Å². The fourth-order valence-electron chi connectivity index (χ4n) is 1.63. The number of ether oxygens (including phenoxy) is 1. The molecule has 9 heteroatoms. The molecule has 2 N–H and O–H groups in total. The van der Waals surface area contributed by atoms with Crippen LogP contribution >= 0.6 is 11.6 Å². The van der Waals surface area contributed by atoms with E-state index in [0.717, 1.165) is 0 Å². The minimum atomic E-state index is -3.95. The highest BCUT2D eigenvalue weighted by Gasteiger charge is 2.26. The van der Waals surface area contributed by atoms with E-state index >= 15 is 0 Å². The summed E-state index contributed by atoms with van der Waals surface area (Å²) in [5.74, 6) is -1.38. The molecule has 0 fully saturated rings. The zero-order valence-electron chi connectivity index (χ0n) is 13.3. The van der Waals surface area contributed by atoms with Crippen molar-refractivity contribution in [2.45, 2.75) is 30.9 Å². The fourth-order valence-corrected chi connectivity index (χ4v) is 3.12. The molecule has 1 amide bonds. The number of esters is 1. The number of benzene rings is 1. The first-order valence-corrected chi connectivity index (χ1v) is 8.90. The Morgan fingerprint density at radius 3 is 2.62 bits per heavy atom. The van der Waals surface area contributed by atoms with Crippen LogP contribution in [-0.4, -0.2) is 39.0 Å². The van der Waals surface area contributed by atoms with Crippen molar-refractivity contribution >= 4 is 33.5 Å². The Bertz CT molecular complexity index is 720. The van der Waals surface area contributed by atoms with Crippen LogP contribution in [0.5, 0.6) is 0 Å². The van der Waals surface area contributed by atoms with Gasteiger partial charge in [0.05, 0.1) is 4.90 Å². The highest BCUT2D eigenvalue weighted by molar-refractivity contribution is 7.89. The van der Waals surface area contributed by atoms with Crippen molar-refractivity contribution in [3.8, 4) is 0 Å². The van der Waals surface area contributed by atoms with Crippen molar-refractivity contribution in [2.75, 3.05) is 6.54 Å². The van der Waals surface area contributed by atoms with Gasteiger partial charge in [0.15, 0.2) is 6.10 Å². The minimum absolute atomic E-state index is 0.0774. The summed E-state index contributed by atoms with van der Waals surface area (Å²) >= 11 is 5.76. The zero-order chi connectivity index (χ0) is 18.3. The van der Waals surface area contributed by atoms with E-state index in [1.54, 1.807) is 0 Å². The molecule has 1 aromatic carbocycles. The van der Waals surface area contributed by atoms with E-state index < -0.39 is 34.0 Å². The second kappa shape index (κ2) is 8.81. The van der Waals surface area contributed by atoms with Crippen LogP contribution in [0.15, 0.2) is 41.8 Å². The highest BCUT2D eigenvalue weighted by atomic mass is 35.5. The zero-order valence-corrected chi connectivity index (χ0v) is 14.9. The van der Waals surface area contributed by atoms with Gasteiger partial charge in [-0.25, -0.2) is 8.42 Å². The van der Waals surface area contributed by atoms with Gasteiger partial charge in [-0.15, -0.1) is 6.58 Å². The average Bonchev–Trinajstić information content (AvgIpc) is 2.51. The largest absolute Gasteiger partial charge is 0.451 e. The van der Waals surface area contributed by atoms with Gasteiger partial charge in [0.1, 0.15) is 6.04 Å². The van der Waals surface area contributed by atoms with Gasteiger partial charge in [0.25, 0.3) is 5.91 Å². The lowest BCUT2D eigenvalue weighted by Crippen LogP contribution is -2.43. The lowest BCUT2D eigenvalue weighted by atomic mass is 10.3. The first-order valence-electron chi connectivity index (χ1n) is 7.04. The molecule has 7 nitrogen and oxygen atoms in total. The first-order chi connectivity index (χ1) is 11.2. The van der Waals surface area contributed by atoms with E-state index in [4.69, 9.17) is 16.3 Å². The SMILES string of the molecule is C=CCNC(=O)[C@@H](C)OC(=O)[C@H](C)NS(=O)(=O)c1cccc(Cl)c1. The van der Waals surface area contributed by atoms with Gasteiger partial charge in [0.2, 0.25) is 10.0 Å². The number of amides is 1. The maximum Gasteiger partial charge on any atom is 0.324 e. The van der Waals surface area contributed by atoms with E-state index in [-0.39, 0.29) is 16.5 Å². The molecule has 0 unspecified atom stereocenters.